The molecule has 2 aromatic carbocycles. The molecular weight excluding hydrogens is 410 g/mol. The third-order valence-electron chi connectivity index (χ3n) is 4.06. The van der Waals surface area contributed by atoms with Crippen LogP contribution in [0.1, 0.15) is 5.76 Å². The number of amides is 1. The molecule has 0 atom stereocenters. The maximum Gasteiger partial charge on any atom is 0.270 e. The summed E-state index contributed by atoms with van der Waals surface area (Å²) in [5, 5.41) is 22.9. The second kappa shape index (κ2) is 8.94. The van der Waals surface area contributed by atoms with Crippen molar-refractivity contribution in [3.63, 3.8) is 0 Å². The molecule has 0 fully saturated rings. The summed E-state index contributed by atoms with van der Waals surface area (Å²) in [6.07, 6.45) is 1.29. The first-order valence-corrected chi connectivity index (χ1v) is 8.90. The predicted molar refractivity (Wildman–Crippen MR) is 111 cm³/mol. The van der Waals surface area contributed by atoms with Crippen molar-refractivity contribution < 1.29 is 18.9 Å². The van der Waals surface area contributed by atoms with Crippen molar-refractivity contribution in [3.05, 3.63) is 81.1 Å². The number of non-ortho nitro benzene ring substituents is 1. The topological polar surface area (TPSA) is 118 Å². The number of methoxy groups -OCH3 is 1. The van der Waals surface area contributed by atoms with Gasteiger partial charge in [0.25, 0.3) is 11.6 Å². The summed E-state index contributed by atoms with van der Waals surface area (Å²) in [5.41, 5.74) is 0.641. The fourth-order valence-corrected chi connectivity index (χ4v) is 2.82. The van der Waals surface area contributed by atoms with Gasteiger partial charge in [-0.2, -0.15) is 5.26 Å². The first-order chi connectivity index (χ1) is 14.4. The van der Waals surface area contributed by atoms with Crippen molar-refractivity contribution in [1.82, 2.24) is 0 Å². The third-order valence-corrected chi connectivity index (χ3v) is 4.37. The van der Waals surface area contributed by atoms with E-state index in [0.717, 1.165) is 0 Å². The first kappa shape index (κ1) is 20.6. The smallest absolute Gasteiger partial charge is 0.270 e. The van der Waals surface area contributed by atoms with Crippen LogP contribution in [-0.4, -0.2) is 17.9 Å². The van der Waals surface area contributed by atoms with Gasteiger partial charge in [0, 0.05) is 29.5 Å². The molecule has 1 heterocycles. The number of carbonyl (C=O) groups is 1. The van der Waals surface area contributed by atoms with Gasteiger partial charge < -0.3 is 14.5 Å². The van der Waals surface area contributed by atoms with E-state index in [-0.39, 0.29) is 22.0 Å². The molecule has 0 aliphatic rings. The van der Waals surface area contributed by atoms with Gasteiger partial charge in [0.05, 0.1) is 17.1 Å². The molecule has 0 spiro atoms. The lowest BCUT2D eigenvalue weighted by molar-refractivity contribution is -0.384. The molecule has 0 saturated heterocycles. The zero-order chi connectivity index (χ0) is 21.7. The number of hydrogen-bond acceptors (Lipinski definition) is 6. The van der Waals surface area contributed by atoms with Crippen LogP contribution in [0.25, 0.3) is 17.4 Å². The minimum Gasteiger partial charge on any atom is -0.497 e. The number of nitro groups is 1. The lowest BCUT2D eigenvalue weighted by Gasteiger charge is -2.05. The molecule has 0 unspecified atom stereocenters. The molecule has 0 saturated carbocycles. The van der Waals surface area contributed by atoms with Gasteiger partial charge in [0.15, 0.2) is 0 Å². The second-order valence-corrected chi connectivity index (χ2v) is 6.38. The molecule has 0 radical (unpaired) electrons. The average molecular weight is 424 g/mol. The standard InChI is InChI=1S/C21H14ClN3O5/c1-29-16-5-2-14(3-6-16)24-21(26)13(12-23)10-17-7-9-20(30-17)18-8-4-15(25(27)28)11-19(18)22/h2-11H,1H3,(H,24,26). The first-order valence-electron chi connectivity index (χ1n) is 8.52. The van der Waals surface area contributed by atoms with Crippen LogP contribution in [0.4, 0.5) is 11.4 Å². The van der Waals surface area contributed by atoms with Crippen molar-refractivity contribution >= 4 is 35.0 Å². The van der Waals surface area contributed by atoms with Crippen LogP contribution in [0.2, 0.25) is 5.02 Å². The van der Waals surface area contributed by atoms with Gasteiger partial charge in [-0.3, -0.25) is 14.9 Å². The molecule has 30 heavy (non-hydrogen) atoms. The van der Waals surface area contributed by atoms with Crippen LogP contribution in [-0.2, 0) is 4.79 Å². The van der Waals surface area contributed by atoms with Gasteiger partial charge in [-0.05, 0) is 42.5 Å². The second-order valence-electron chi connectivity index (χ2n) is 5.98. The summed E-state index contributed by atoms with van der Waals surface area (Å²) >= 11 is 6.11. The van der Waals surface area contributed by atoms with Crippen molar-refractivity contribution in [3.8, 4) is 23.1 Å². The summed E-state index contributed by atoms with van der Waals surface area (Å²) in [4.78, 5) is 22.7. The molecule has 1 N–H and O–H groups in total. The van der Waals surface area contributed by atoms with E-state index in [1.165, 1.54) is 31.4 Å². The SMILES string of the molecule is COc1ccc(NC(=O)C(C#N)=Cc2ccc(-c3ccc([N+](=O)[O-])cc3Cl)o2)cc1. The Labute approximate surface area is 176 Å². The maximum atomic E-state index is 12.4. The van der Waals surface area contributed by atoms with E-state index >= 15 is 0 Å². The predicted octanol–water partition coefficient (Wildman–Crippen LogP) is 5.06. The van der Waals surface area contributed by atoms with Crippen molar-refractivity contribution in [2.24, 2.45) is 0 Å². The summed E-state index contributed by atoms with van der Waals surface area (Å²) in [5.74, 6) is 0.626. The number of hydrogen-bond donors (Lipinski definition) is 1. The van der Waals surface area contributed by atoms with Gasteiger partial charge in [-0.25, -0.2) is 0 Å². The fraction of sp³-hybridized carbons (Fsp3) is 0.0476. The molecule has 9 heteroatoms. The Hall–Kier alpha value is -4.09. The van der Waals surface area contributed by atoms with Crippen LogP contribution in [0, 0.1) is 21.4 Å². The maximum absolute atomic E-state index is 12.4. The van der Waals surface area contributed by atoms with Crippen LogP contribution in [0.5, 0.6) is 5.75 Å². The van der Waals surface area contributed by atoms with E-state index in [1.807, 2.05) is 6.07 Å². The van der Waals surface area contributed by atoms with Crippen molar-refractivity contribution in [2.45, 2.75) is 0 Å². The molecule has 3 rings (SSSR count). The highest BCUT2D eigenvalue weighted by Gasteiger charge is 2.15. The van der Waals surface area contributed by atoms with Crippen LogP contribution < -0.4 is 10.1 Å². The van der Waals surface area contributed by atoms with Gasteiger partial charge in [0.2, 0.25) is 0 Å². The Morgan fingerprint density at radius 2 is 1.97 bits per heavy atom. The quantitative estimate of drug-likeness (QED) is 0.256. The molecule has 3 aromatic rings. The number of nitriles is 1. The number of carbonyl (C=O) groups excluding carboxylic acids is 1. The van der Waals surface area contributed by atoms with E-state index in [1.54, 1.807) is 36.4 Å². The number of halogens is 1. The molecule has 150 valence electrons. The highest BCUT2D eigenvalue weighted by molar-refractivity contribution is 6.33. The number of nitrogens with zero attached hydrogens (tertiary/aromatic N) is 2. The largest absolute Gasteiger partial charge is 0.497 e. The van der Waals surface area contributed by atoms with Gasteiger partial charge in [-0.15, -0.1) is 0 Å². The monoisotopic (exact) mass is 423 g/mol. The Morgan fingerprint density at radius 3 is 2.57 bits per heavy atom. The normalized spacial score (nSPS) is 10.9. The lowest BCUT2D eigenvalue weighted by Crippen LogP contribution is -2.13. The van der Waals surface area contributed by atoms with Crippen LogP contribution >= 0.6 is 11.6 Å². The zero-order valence-electron chi connectivity index (χ0n) is 15.6. The van der Waals surface area contributed by atoms with Gasteiger partial charge in [-0.1, -0.05) is 11.6 Å². The van der Waals surface area contributed by atoms with Crippen molar-refractivity contribution in [2.75, 3.05) is 12.4 Å². The Kier molecular flexibility index (Phi) is 6.15. The Balaban J connectivity index is 1.80. The summed E-state index contributed by atoms with van der Waals surface area (Å²) < 4.78 is 10.7. The van der Waals surface area contributed by atoms with E-state index in [9.17, 15) is 20.2 Å². The summed E-state index contributed by atoms with van der Waals surface area (Å²) in [7, 11) is 1.53. The number of furan rings is 1. The molecule has 1 aromatic heterocycles. The van der Waals surface area contributed by atoms with Gasteiger partial charge >= 0.3 is 0 Å². The van der Waals surface area contributed by atoms with Gasteiger partial charge in [0.1, 0.15) is 28.9 Å². The number of ether oxygens (including phenoxy) is 1. The average Bonchev–Trinajstić information content (AvgIpc) is 3.20. The lowest BCUT2D eigenvalue weighted by atomic mass is 10.1. The van der Waals surface area contributed by atoms with E-state index < -0.39 is 10.8 Å². The summed E-state index contributed by atoms with van der Waals surface area (Å²) in [6.45, 7) is 0. The molecule has 1 amide bonds. The zero-order valence-corrected chi connectivity index (χ0v) is 16.3. The Morgan fingerprint density at radius 1 is 1.23 bits per heavy atom. The molecule has 0 bridgehead atoms. The van der Waals surface area contributed by atoms with Crippen LogP contribution in [0.15, 0.2) is 64.6 Å². The van der Waals surface area contributed by atoms with E-state index in [2.05, 4.69) is 5.32 Å². The Bertz CT molecular complexity index is 1180. The third kappa shape index (κ3) is 4.66. The molecule has 8 nitrogen and oxygen atoms in total. The molecular formula is C21H14ClN3O5. The van der Waals surface area contributed by atoms with Crippen molar-refractivity contribution in [1.29, 1.82) is 5.26 Å². The molecule has 0 aliphatic heterocycles. The number of rotatable bonds is 6. The molecule has 0 aliphatic carbocycles. The highest BCUT2D eigenvalue weighted by Crippen LogP contribution is 2.32. The van der Waals surface area contributed by atoms with E-state index in [0.29, 0.717) is 22.8 Å². The van der Waals surface area contributed by atoms with Crippen LogP contribution in [0.3, 0.4) is 0 Å². The minimum atomic E-state index is -0.603. The number of benzene rings is 2. The number of nitrogens with one attached hydrogen (secondary N) is 1. The number of anilines is 1. The summed E-state index contributed by atoms with van der Waals surface area (Å²) in [6, 6.07) is 15.6. The highest BCUT2D eigenvalue weighted by atomic mass is 35.5. The fourth-order valence-electron chi connectivity index (χ4n) is 2.56. The van der Waals surface area contributed by atoms with E-state index in [4.69, 9.17) is 20.8 Å². The minimum absolute atomic E-state index is 0.141. The number of nitro benzene ring substituents is 1.